The number of hydrogen-bond acceptors (Lipinski definition) is 4. The van der Waals surface area contributed by atoms with E-state index in [1.165, 1.54) is 32.1 Å². The van der Waals surface area contributed by atoms with Crippen molar-refractivity contribution >= 4 is 11.0 Å². The normalized spacial score (nSPS) is 16.0. The van der Waals surface area contributed by atoms with Gasteiger partial charge in [-0.3, -0.25) is 9.78 Å². The van der Waals surface area contributed by atoms with Crippen molar-refractivity contribution in [1.82, 2.24) is 14.9 Å². The van der Waals surface area contributed by atoms with E-state index in [-0.39, 0.29) is 5.56 Å². The van der Waals surface area contributed by atoms with Crippen molar-refractivity contribution in [3.8, 4) is 5.75 Å². The second kappa shape index (κ2) is 6.92. The molecule has 3 rings (SSSR count). The number of nitrogens with one attached hydrogen (secondary N) is 1. The zero-order valence-corrected chi connectivity index (χ0v) is 13.0. The fourth-order valence-electron chi connectivity index (χ4n) is 3.18. The van der Waals surface area contributed by atoms with Crippen LogP contribution in [0.3, 0.4) is 0 Å². The summed E-state index contributed by atoms with van der Waals surface area (Å²) in [7, 11) is 1.61. The number of methoxy groups -OCH3 is 1. The summed E-state index contributed by atoms with van der Waals surface area (Å²) >= 11 is 0. The van der Waals surface area contributed by atoms with Gasteiger partial charge < -0.3 is 14.6 Å². The lowest BCUT2D eigenvalue weighted by Crippen LogP contribution is -2.35. The fraction of sp³-hybridized carbons (Fsp3) is 0.529. The van der Waals surface area contributed by atoms with Crippen LogP contribution >= 0.6 is 0 Å². The van der Waals surface area contributed by atoms with Crippen LogP contribution in [0.15, 0.2) is 29.2 Å². The average molecular weight is 301 g/mol. The van der Waals surface area contributed by atoms with Gasteiger partial charge in [-0.25, -0.2) is 0 Å². The Balaban J connectivity index is 1.76. The van der Waals surface area contributed by atoms with Crippen LogP contribution < -0.4 is 15.6 Å². The minimum Gasteiger partial charge on any atom is -0.495 e. The summed E-state index contributed by atoms with van der Waals surface area (Å²) in [6.45, 7) is 1.46. The van der Waals surface area contributed by atoms with Crippen molar-refractivity contribution in [3.05, 3.63) is 34.7 Å². The van der Waals surface area contributed by atoms with Gasteiger partial charge in [0.05, 0.1) is 24.3 Å². The molecule has 0 bridgehead atoms. The maximum Gasteiger partial charge on any atom is 0.251 e. The summed E-state index contributed by atoms with van der Waals surface area (Å²) in [6, 6.07) is 5.83. The van der Waals surface area contributed by atoms with Crippen molar-refractivity contribution in [3.63, 3.8) is 0 Å². The third-order valence-electron chi connectivity index (χ3n) is 4.42. The maximum atomic E-state index is 12.2. The predicted molar refractivity (Wildman–Crippen MR) is 87.4 cm³/mol. The van der Waals surface area contributed by atoms with Crippen molar-refractivity contribution in [1.29, 1.82) is 0 Å². The highest BCUT2D eigenvalue weighted by molar-refractivity contribution is 5.75. The lowest BCUT2D eigenvalue weighted by Gasteiger charge is -2.23. The maximum absolute atomic E-state index is 12.2. The molecule has 0 radical (unpaired) electrons. The molecule has 0 aliphatic heterocycles. The van der Waals surface area contributed by atoms with Crippen LogP contribution in [0, 0.1) is 0 Å². The first kappa shape index (κ1) is 15.0. The Morgan fingerprint density at radius 3 is 2.91 bits per heavy atom. The smallest absolute Gasteiger partial charge is 0.251 e. The van der Waals surface area contributed by atoms with Gasteiger partial charge in [0.25, 0.3) is 5.56 Å². The molecule has 0 unspecified atom stereocenters. The number of pyridine rings is 2. The number of aromatic nitrogens is 2. The van der Waals surface area contributed by atoms with Crippen molar-refractivity contribution in [2.75, 3.05) is 13.7 Å². The van der Waals surface area contributed by atoms with Gasteiger partial charge >= 0.3 is 0 Å². The molecule has 0 saturated heterocycles. The number of fused-ring (bicyclic) bond motifs is 1. The van der Waals surface area contributed by atoms with Gasteiger partial charge in [0, 0.05) is 31.3 Å². The monoisotopic (exact) mass is 301 g/mol. The molecule has 2 aromatic heterocycles. The van der Waals surface area contributed by atoms with E-state index in [1.807, 2.05) is 6.07 Å². The molecular formula is C17H23N3O2. The topological polar surface area (TPSA) is 56.1 Å². The summed E-state index contributed by atoms with van der Waals surface area (Å²) in [4.78, 5) is 16.5. The van der Waals surface area contributed by atoms with E-state index in [9.17, 15) is 4.79 Å². The summed E-state index contributed by atoms with van der Waals surface area (Å²) in [6.07, 6.45) is 8.16. The molecule has 1 aliphatic rings. The van der Waals surface area contributed by atoms with Crippen molar-refractivity contribution in [2.24, 2.45) is 0 Å². The van der Waals surface area contributed by atoms with E-state index in [0.29, 0.717) is 18.3 Å². The molecule has 2 aromatic rings. The molecule has 0 aromatic carbocycles. The zero-order chi connectivity index (χ0) is 15.4. The van der Waals surface area contributed by atoms with Gasteiger partial charge in [-0.05, 0) is 18.9 Å². The highest BCUT2D eigenvalue weighted by Crippen LogP contribution is 2.18. The first-order valence-corrected chi connectivity index (χ1v) is 8.05. The van der Waals surface area contributed by atoms with Gasteiger partial charge in [-0.2, -0.15) is 0 Å². The van der Waals surface area contributed by atoms with Gasteiger partial charge in [-0.1, -0.05) is 19.3 Å². The summed E-state index contributed by atoms with van der Waals surface area (Å²) < 4.78 is 7.00. The van der Waals surface area contributed by atoms with Crippen LogP contribution in [-0.4, -0.2) is 29.2 Å². The van der Waals surface area contributed by atoms with Crippen LogP contribution in [0.2, 0.25) is 0 Å². The van der Waals surface area contributed by atoms with E-state index < -0.39 is 0 Å². The Labute approximate surface area is 130 Å². The number of ether oxygens (including phenoxy) is 1. The Hall–Kier alpha value is -1.88. The summed E-state index contributed by atoms with van der Waals surface area (Å²) in [5, 5.41) is 3.58. The standard InChI is InChI=1S/C17H23N3O2/c1-22-14-11-16-15(19-12-14)7-8-17(21)20(16)10-9-18-13-5-3-2-4-6-13/h7-8,11-13,18H,2-6,9-10H2,1H3. The molecule has 5 nitrogen and oxygen atoms in total. The van der Waals surface area contributed by atoms with Gasteiger partial charge in [0.2, 0.25) is 0 Å². The van der Waals surface area contributed by atoms with E-state index in [1.54, 1.807) is 30.0 Å². The molecule has 1 N–H and O–H groups in total. The zero-order valence-electron chi connectivity index (χ0n) is 13.0. The average Bonchev–Trinajstić information content (AvgIpc) is 2.57. The number of rotatable bonds is 5. The third-order valence-corrected chi connectivity index (χ3v) is 4.42. The minimum absolute atomic E-state index is 0.00740. The second-order valence-electron chi connectivity index (χ2n) is 5.89. The lowest BCUT2D eigenvalue weighted by molar-refractivity contribution is 0.368. The minimum atomic E-state index is 0.00740. The van der Waals surface area contributed by atoms with Crippen LogP contribution in [-0.2, 0) is 6.54 Å². The fourth-order valence-corrected chi connectivity index (χ4v) is 3.18. The Kier molecular flexibility index (Phi) is 4.73. The Morgan fingerprint density at radius 1 is 1.32 bits per heavy atom. The van der Waals surface area contributed by atoms with Crippen molar-refractivity contribution < 1.29 is 4.74 Å². The molecule has 0 atom stereocenters. The van der Waals surface area contributed by atoms with Crippen LogP contribution in [0.4, 0.5) is 0 Å². The van der Waals surface area contributed by atoms with Crippen LogP contribution in [0.1, 0.15) is 32.1 Å². The van der Waals surface area contributed by atoms with Crippen LogP contribution in [0.25, 0.3) is 11.0 Å². The van der Waals surface area contributed by atoms with E-state index >= 15 is 0 Å². The van der Waals surface area contributed by atoms with Crippen LogP contribution in [0.5, 0.6) is 5.75 Å². The molecule has 1 fully saturated rings. The first-order chi connectivity index (χ1) is 10.8. The van der Waals surface area contributed by atoms with Crippen molar-refractivity contribution in [2.45, 2.75) is 44.7 Å². The Morgan fingerprint density at radius 2 is 2.14 bits per heavy atom. The molecule has 1 aliphatic carbocycles. The number of nitrogens with zero attached hydrogens (tertiary/aromatic N) is 2. The molecule has 0 amide bonds. The van der Waals surface area contributed by atoms with Gasteiger partial charge in [0.1, 0.15) is 5.75 Å². The first-order valence-electron chi connectivity index (χ1n) is 8.05. The highest BCUT2D eigenvalue weighted by Gasteiger charge is 2.12. The number of hydrogen-bond donors (Lipinski definition) is 1. The van der Waals surface area contributed by atoms with Gasteiger partial charge in [-0.15, -0.1) is 0 Å². The molecular weight excluding hydrogens is 278 g/mol. The molecule has 0 spiro atoms. The SMILES string of the molecule is COc1cnc2ccc(=O)n(CCNC3CCCCC3)c2c1. The summed E-state index contributed by atoms with van der Waals surface area (Å²) in [5.74, 6) is 0.673. The molecule has 2 heterocycles. The quantitative estimate of drug-likeness (QED) is 0.921. The predicted octanol–water partition coefficient (Wildman–Crippen LogP) is 2.33. The second-order valence-corrected chi connectivity index (χ2v) is 5.89. The van der Waals surface area contributed by atoms with E-state index in [0.717, 1.165) is 17.6 Å². The molecule has 22 heavy (non-hydrogen) atoms. The molecule has 5 heteroatoms. The molecule has 1 saturated carbocycles. The molecule has 118 valence electrons. The largest absolute Gasteiger partial charge is 0.495 e. The summed E-state index contributed by atoms with van der Waals surface area (Å²) in [5.41, 5.74) is 1.66. The van der Waals surface area contributed by atoms with E-state index in [4.69, 9.17) is 4.74 Å². The Bertz CT molecular complexity index is 690. The van der Waals surface area contributed by atoms with Gasteiger partial charge in [0.15, 0.2) is 0 Å². The lowest BCUT2D eigenvalue weighted by atomic mass is 9.95. The third kappa shape index (κ3) is 3.30. The van der Waals surface area contributed by atoms with E-state index in [2.05, 4.69) is 10.3 Å². The highest BCUT2D eigenvalue weighted by atomic mass is 16.5.